The molecule has 0 saturated heterocycles. The Balaban J connectivity index is 2.21. The standard InChI is InChI=1S/C12H12N4O2/c1-6-14-9-4-7(2-3-10(9)18-6)11-8(5-13)12(17)16-15-11/h2-4H,5,13H2,1H3,(H2,15,16,17). The van der Waals surface area contributed by atoms with Gasteiger partial charge in [0.25, 0.3) is 5.56 Å². The maximum Gasteiger partial charge on any atom is 0.269 e. The molecule has 92 valence electrons. The van der Waals surface area contributed by atoms with Gasteiger partial charge in [0.1, 0.15) is 5.52 Å². The predicted octanol–water partition coefficient (Wildman–Crippen LogP) is 1.28. The van der Waals surface area contributed by atoms with E-state index in [0.717, 1.165) is 16.7 Å². The first-order chi connectivity index (χ1) is 8.69. The van der Waals surface area contributed by atoms with Crippen LogP contribution < -0.4 is 11.3 Å². The van der Waals surface area contributed by atoms with Gasteiger partial charge in [-0.1, -0.05) is 0 Å². The van der Waals surface area contributed by atoms with Gasteiger partial charge in [0.2, 0.25) is 0 Å². The van der Waals surface area contributed by atoms with Gasteiger partial charge in [0, 0.05) is 19.0 Å². The minimum absolute atomic E-state index is 0.185. The molecule has 0 aliphatic carbocycles. The maximum absolute atomic E-state index is 11.5. The number of aryl methyl sites for hydroxylation is 1. The molecule has 3 aromatic rings. The molecule has 2 aromatic heterocycles. The first-order valence-electron chi connectivity index (χ1n) is 5.56. The minimum atomic E-state index is -0.191. The molecule has 0 aliphatic heterocycles. The van der Waals surface area contributed by atoms with Crippen molar-refractivity contribution in [1.82, 2.24) is 15.2 Å². The summed E-state index contributed by atoms with van der Waals surface area (Å²) < 4.78 is 5.40. The van der Waals surface area contributed by atoms with Crippen LogP contribution in [-0.2, 0) is 6.54 Å². The summed E-state index contributed by atoms with van der Waals surface area (Å²) in [5, 5.41) is 5.37. The van der Waals surface area contributed by atoms with Crippen LogP contribution in [0, 0.1) is 6.92 Å². The molecule has 6 heteroatoms. The zero-order valence-corrected chi connectivity index (χ0v) is 9.78. The highest BCUT2D eigenvalue weighted by atomic mass is 16.3. The number of H-pyrrole nitrogens is 2. The Labute approximate surface area is 102 Å². The Bertz CT molecular complexity index is 766. The molecular formula is C12H12N4O2. The highest BCUT2D eigenvalue weighted by molar-refractivity contribution is 5.80. The molecule has 0 bridgehead atoms. The highest BCUT2D eigenvalue weighted by Crippen LogP contribution is 2.24. The number of hydrogen-bond donors (Lipinski definition) is 3. The topological polar surface area (TPSA) is 101 Å². The van der Waals surface area contributed by atoms with E-state index in [1.165, 1.54) is 0 Å². The van der Waals surface area contributed by atoms with E-state index in [-0.39, 0.29) is 12.1 Å². The summed E-state index contributed by atoms with van der Waals surface area (Å²) in [6.07, 6.45) is 0. The average molecular weight is 244 g/mol. The van der Waals surface area contributed by atoms with E-state index in [4.69, 9.17) is 10.2 Å². The SMILES string of the molecule is Cc1nc2cc(-c3[nH][nH]c(=O)c3CN)ccc2o1. The van der Waals surface area contributed by atoms with Gasteiger partial charge in [-0.05, 0) is 18.2 Å². The molecule has 3 rings (SSSR count). The van der Waals surface area contributed by atoms with E-state index in [9.17, 15) is 4.79 Å². The quantitative estimate of drug-likeness (QED) is 0.632. The number of nitrogens with two attached hydrogens (primary N) is 1. The highest BCUT2D eigenvalue weighted by Gasteiger charge is 2.12. The van der Waals surface area contributed by atoms with E-state index in [2.05, 4.69) is 15.2 Å². The number of aromatic nitrogens is 3. The zero-order chi connectivity index (χ0) is 12.7. The van der Waals surface area contributed by atoms with E-state index >= 15 is 0 Å². The van der Waals surface area contributed by atoms with E-state index in [0.29, 0.717) is 17.1 Å². The van der Waals surface area contributed by atoms with Crippen LogP contribution in [0.2, 0.25) is 0 Å². The molecule has 0 atom stereocenters. The molecule has 2 heterocycles. The van der Waals surface area contributed by atoms with E-state index < -0.39 is 0 Å². The van der Waals surface area contributed by atoms with Crippen LogP contribution in [0.5, 0.6) is 0 Å². The summed E-state index contributed by atoms with van der Waals surface area (Å²) in [4.78, 5) is 15.8. The van der Waals surface area contributed by atoms with Crippen LogP contribution in [0.1, 0.15) is 11.5 Å². The number of rotatable bonds is 2. The van der Waals surface area contributed by atoms with Crippen molar-refractivity contribution >= 4 is 11.1 Å². The summed E-state index contributed by atoms with van der Waals surface area (Å²) in [7, 11) is 0. The fraction of sp³-hybridized carbons (Fsp3) is 0.167. The van der Waals surface area contributed by atoms with Crippen molar-refractivity contribution in [2.75, 3.05) is 0 Å². The number of benzene rings is 1. The fourth-order valence-corrected chi connectivity index (χ4v) is 2.02. The Morgan fingerprint density at radius 3 is 3.00 bits per heavy atom. The van der Waals surface area contributed by atoms with Crippen molar-refractivity contribution in [3.63, 3.8) is 0 Å². The van der Waals surface area contributed by atoms with Crippen molar-refractivity contribution in [2.24, 2.45) is 5.73 Å². The maximum atomic E-state index is 11.5. The van der Waals surface area contributed by atoms with E-state index in [1.54, 1.807) is 6.92 Å². The molecule has 0 radical (unpaired) electrons. The number of oxazole rings is 1. The molecular weight excluding hydrogens is 232 g/mol. The van der Waals surface area contributed by atoms with Gasteiger partial charge < -0.3 is 10.2 Å². The van der Waals surface area contributed by atoms with Gasteiger partial charge in [-0.3, -0.25) is 15.0 Å². The smallest absolute Gasteiger partial charge is 0.269 e. The molecule has 0 amide bonds. The normalized spacial score (nSPS) is 11.2. The summed E-state index contributed by atoms with van der Waals surface area (Å²) >= 11 is 0. The summed E-state index contributed by atoms with van der Waals surface area (Å²) in [5.74, 6) is 0.615. The first-order valence-corrected chi connectivity index (χ1v) is 5.56. The third-order valence-corrected chi connectivity index (χ3v) is 2.86. The molecule has 0 unspecified atom stereocenters. The molecule has 4 N–H and O–H groups in total. The monoisotopic (exact) mass is 244 g/mol. The van der Waals surface area contributed by atoms with Gasteiger partial charge in [0.05, 0.1) is 11.3 Å². The number of nitrogens with one attached hydrogen (secondary N) is 2. The van der Waals surface area contributed by atoms with Gasteiger partial charge in [-0.25, -0.2) is 4.98 Å². The molecule has 0 fully saturated rings. The van der Waals surface area contributed by atoms with Gasteiger partial charge in [-0.2, -0.15) is 0 Å². The van der Waals surface area contributed by atoms with Crippen molar-refractivity contribution in [1.29, 1.82) is 0 Å². The zero-order valence-electron chi connectivity index (χ0n) is 9.78. The number of aromatic amines is 2. The Morgan fingerprint density at radius 1 is 1.39 bits per heavy atom. The van der Waals surface area contributed by atoms with Crippen LogP contribution >= 0.6 is 0 Å². The number of fused-ring (bicyclic) bond motifs is 1. The second-order valence-corrected chi connectivity index (χ2v) is 4.05. The number of nitrogens with zero attached hydrogens (tertiary/aromatic N) is 1. The lowest BCUT2D eigenvalue weighted by molar-refractivity contribution is 0.561. The van der Waals surface area contributed by atoms with Crippen molar-refractivity contribution < 1.29 is 4.42 Å². The fourth-order valence-electron chi connectivity index (χ4n) is 2.02. The van der Waals surface area contributed by atoms with E-state index in [1.807, 2.05) is 18.2 Å². The van der Waals surface area contributed by atoms with Crippen LogP contribution in [0.15, 0.2) is 27.4 Å². The molecule has 1 aromatic carbocycles. The van der Waals surface area contributed by atoms with Gasteiger partial charge >= 0.3 is 0 Å². The molecule has 0 aliphatic rings. The van der Waals surface area contributed by atoms with Crippen molar-refractivity contribution in [3.05, 3.63) is 40.0 Å². The summed E-state index contributed by atoms with van der Waals surface area (Å²) in [6.45, 7) is 1.98. The predicted molar refractivity (Wildman–Crippen MR) is 67.0 cm³/mol. The average Bonchev–Trinajstić information content (AvgIpc) is 2.89. The largest absolute Gasteiger partial charge is 0.441 e. The Morgan fingerprint density at radius 2 is 2.22 bits per heavy atom. The lowest BCUT2D eigenvalue weighted by Crippen LogP contribution is -2.10. The molecule has 18 heavy (non-hydrogen) atoms. The third kappa shape index (κ3) is 1.54. The van der Waals surface area contributed by atoms with Crippen LogP contribution in [0.4, 0.5) is 0 Å². The molecule has 0 spiro atoms. The summed E-state index contributed by atoms with van der Waals surface area (Å²) in [5.41, 5.74) is 8.96. The molecule has 6 nitrogen and oxygen atoms in total. The Kier molecular flexibility index (Phi) is 2.31. The minimum Gasteiger partial charge on any atom is -0.441 e. The lowest BCUT2D eigenvalue weighted by Gasteiger charge is -1.99. The summed E-state index contributed by atoms with van der Waals surface area (Å²) in [6, 6.07) is 5.56. The second kappa shape index (κ2) is 3.85. The van der Waals surface area contributed by atoms with Crippen LogP contribution in [0.25, 0.3) is 22.4 Å². The van der Waals surface area contributed by atoms with Gasteiger partial charge in [-0.15, -0.1) is 0 Å². The van der Waals surface area contributed by atoms with Gasteiger partial charge in [0.15, 0.2) is 11.5 Å². The first kappa shape index (κ1) is 10.8. The third-order valence-electron chi connectivity index (χ3n) is 2.86. The van der Waals surface area contributed by atoms with Crippen molar-refractivity contribution in [3.8, 4) is 11.3 Å². The Hall–Kier alpha value is -2.34. The van der Waals surface area contributed by atoms with Crippen molar-refractivity contribution in [2.45, 2.75) is 13.5 Å². The van der Waals surface area contributed by atoms with Crippen LogP contribution in [-0.4, -0.2) is 15.2 Å². The second-order valence-electron chi connectivity index (χ2n) is 4.05. The molecule has 0 saturated carbocycles. The number of hydrogen-bond acceptors (Lipinski definition) is 4. The lowest BCUT2D eigenvalue weighted by atomic mass is 10.1. The van der Waals surface area contributed by atoms with Crippen LogP contribution in [0.3, 0.4) is 0 Å².